The van der Waals surface area contributed by atoms with Crippen LogP contribution in [0.2, 0.25) is 0 Å². The number of hydrogen-bond acceptors (Lipinski definition) is 3. The lowest BCUT2D eigenvalue weighted by Crippen LogP contribution is -2.08. The van der Waals surface area contributed by atoms with Gasteiger partial charge in [-0.05, 0) is 42.5 Å². The topological polar surface area (TPSA) is 58.4 Å². The molecule has 1 aromatic heterocycles. The van der Waals surface area contributed by atoms with Gasteiger partial charge >= 0.3 is 5.97 Å². The van der Waals surface area contributed by atoms with Gasteiger partial charge in [-0.25, -0.2) is 9.48 Å². The van der Waals surface area contributed by atoms with Gasteiger partial charge < -0.3 is 10.0 Å². The average molecular weight is 307 g/mol. The largest absolute Gasteiger partial charge is 0.478 e. The van der Waals surface area contributed by atoms with Crippen molar-refractivity contribution in [3.63, 3.8) is 0 Å². The Labute approximate surface area is 134 Å². The van der Waals surface area contributed by atoms with Crippen molar-refractivity contribution in [3.8, 4) is 16.9 Å². The van der Waals surface area contributed by atoms with Gasteiger partial charge in [0.25, 0.3) is 0 Å². The van der Waals surface area contributed by atoms with Gasteiger partial charge in [-0.15, -0.1) is 0 Å². The fourth-order valence-corrected chi connectivity index (χ4v) is 2.31. The normalized spacial score (nSPS) is 10.5. The molecule has 1 N–H and O–H groups in total. The summed E-state index contributed by atoms with van der Waals surface area (Å²) in [7, 11) is 4.00. The molecule has 0 saturated heterocycles. The Morgan fingerprint density at radius 1 is 1.00 bits per heavy atom. The van der Waals surface area contributed by atoms with Gasteiger partial charge in [-0.2, -0.15) is 5.10 Å². The third-order valence-corrected chi connectivity index (χ3v) is 3.65. The lowest BCUT2D eigenvalue weighted by Gasteiger charge is -2.12. The standard InChI is InChI=1S/C18H17N3O2/c1-20(2)15-7-9-16(10-8-15)21-12-11-17(19-21)13-3-5-14(6-4-13)18(22)23/h3-12H,1-2H3,(H,22,23). The summed E-state index contributed by atoms with van der Waals surface area (Å²) >= 11 is 0. The molecule has 0 radical (unpaired) electrons. The summed E-state index contributed by atoms with van der Waals surface area (Å²) in [4.78, 5) is 12.9. The molecular formula is C18H17N3O2. The van der Waals surface area contributed by atoms with E-state index in [-0.39, 0.29) is 5.56 Å². The van der Waals surface area contributed by atoms with Gasteiger partial charge in [0.05, 0.1) is 16.9 Å². The van der Waals surface area contributed by atoms with Crippen molar-refractivity contribution in [2.45, 2.75) is 0 Å². The highest BCUT2D eigenvalue weighted by atomic mass is 16.4. The fourth-order valence-electron chi connectivity index (χ4n) is 2.31. The number of rotatable bonds is 4. The number of nitrogens with zero attached hydrogens (tertiary/aromatic N) is 3. The number of carboxylic acids is 1. The zero-order valence-electron chi connectivity index (χ0n) is 13.0. The summed E-state index contributed by atoms with van der Waals surface area (Å²) in [5.74, 6) is -0.928. The number of carboxylic acid groups (broad SMARTS) is 1. The predicted molar refractivity (Wildman–Crippen MR) is 90.3 cm³/mol. The predicted octanol–water partition coefficient (Wildman–Crippen LogP) is 3.30. The van der Waals surface area contributed by atoms with Gasteiger partial charge in [0.1, 0.15) is 0 Å². The first-order valence-corrected chi connectivity index (χ1v) is 7.22. The molecule has 0 aliphatic rings. The van der Waals surface area contributed by atoms with E-state index >= 15 is 0 Å². The highest BCUT2D eigenvalue weighted by Gasteiger charge is 2.06. The van der Waals surface area contributed by atoms with Crippen molar-refractivity contribution in [1.29, 1.82) is 0 Å². The zero-order valence-corrected chi connectivity index (χ0v) is 13.0. The summed E-state index contributed by atoms with van der Waals surface area (Å²) < 4.78 is 1.81. The number of benzene rings is 2. The maximum Gasteiger partial charge on any atom is 0.335 e. The summed E-state index contributed by atoms with van der Waals surface area (Å²) in [5.41, 5.74) is 4.07. The second-order valence-corrected chi connectivity index (χ2v) is 5.44. The molecule has 0 spiro atoms. The van der Waals surface area contributed by atoms with E-state index < -0.39 is 5.97 Å². The molecule has 0 fully saturated rings. The minimum atomic E-state index is -0.928. The van der Waals surface area contributed by atoms with Crippen LogP contribution in [0.4, 0.5) is 5.69 Å². The molecule has 0 bridgehead atoms. The number of anilines is 1. The van der Waals surface area contributed by atoms with E-state index in [0.717, 1.165) is 22.6 Å². The number of aromatic carboxylic acids is 1. The number of carbonyl (C=O) groups is 1. The minimum Gasteiger partial charge on any atom is -0.478 e. The minimum absolute atomic E-state index is 0.271. The summed E-state index contributed by atoms with van der Waals surface area (Å²) in [5, 5.41) is 13.5. The number of hydrogen-bond donors (Lipinski definition) is 1. The van der Waals surface area contributed by atoms with Crippen LogP contribution in [0.5, 0.6) is 0 Å². The molecule has 0 unspecified atom stereocenters. The highest BCUT2D eigenvalue weighted by Crippen LogP contribution is 2.20. The van der Waals surface area contributed by atoms with Crippen molar-refractivity contribution >= 4 is 11.7 Å². The van der Waals surface area contributed by atoms with Gasteiger partial charge in [0, 0.05) is 31.5 Å². The van der Waals surface area contributed by atoms with Crippen molar-refractivity contribution in [2.75, 3.05) is 19.0 Å². The maximum absolute atomic E-state index is 10.9. The molecule has 3 aromatic rings. The molecule has 3 rings (SSSR count). The molecule has 2 aromatic carbocycles. The van der Waals surface area contributed by atoms with E-state index in [9.17, 15) is 4.79 Å². The van der Waals surface area contributed by atoms with Crippen LogP contribution in [0, 0.1) is 0 Å². The van der Waals surface area contributed by atoms with Crippen LogP contribution >= 0.6 is 0 Å². The van der Waals surface area contributed by atoms with E-state index in [1.165, 1.54) is 0 Å². The van der Waals surface area contributed by atoms with E-state index in [1.807, 2.05) is 55.5 Å². The number of aromatic nitrogens is 2. The first-order valence-electron chi connectivity index (χ1n) is 7.22. The maximum atomic E-state index is 10.9. The molecule has 0 aliphatic heterocycles. The third kappa shape index (κ3) is 3.08. The Kier molecular flexibility index (Phi) is 3.85. The van der Waals surface area contributed by atoms with E-state index in [4.69, 9.17) is 5.11 Å². The molecular weight excluding hydrogens is 290 g/mol. The van der Waals surface area contributed by atoms with E-state index in [0.29, 0.717) is 0 Å². The molecule has 1 heterocycles. The average Bonchev–Trinajstić information content (AvgIpc) is 3.05. The van der Waals surface area contributed by atoms with Crippen LogP contribution in [-0.4, -0.2) is 35.0 Å². The van der Waals surface area contributed by atoms with Crippen LogP contribution < -0.4 is 4.90 Å². The van der Waals surface area contributed by atoms with Crippen molar-refractivity contribution in [1.82, 2.24) is 9.78 Å². The van der Waals surface area contributed by atoms with E-state index in [2.05, 4.69) is 5.10 Å². The second-order valence-electron chi connectivity index (χ2n) is 5.44. The smallest absolute Gasteiger partial charge is 0.335 e. The summed E-state index contributed by atoms with van der Waals surface area (Å²) in [6.45, 7) is 0. The zero-order chi connectivity index (χ0) is 16.4. The molecule has 0 atom stereocenters. The molecule has 5 nitrogen and oxygen atoms in total. The molecule has 116 valence electrons. The quantitative estimate of drug-likeness (QED) is 0.803. The van der Waals surface area contributed by atoms with Crippen LogP contribution in [0.25, 0.3) is 16.9 Å². The van der Waals surface area contributed by atoms with Gasteiger partial charge in [0.15, 0.2) is 0 Å². The van der Waals surface area contributed by atoms with Crippen LogP contribution in [0.1, 0.15) is 10.4 Å². The molecule has 0 aliphatic carbocycles. The van der Waals surface area contributed by atoms with Crippen molar-refractivity contribution < 1.29 is 9.90 Å². The fraction of sp³-hybridized carbons (Fsp3) is 0.111. The molecule has 0 saturated carbocycles. The SMILES string of the molecule is CN(C)c1ccc(-n2ccc(-c3ccc(C(=O)O)cc3)n2)cc1. The Morgan fingerprint density at radius 2 is 1.65 bits per heavy atom. The second kappa shape index (κ2) is 5.96. The Hall–Kier alpha value is -3.08. The van der Waals surface area contributed by atoms with Crippen LogP contribution in [-0.2, 0) is 0 Å². The molecule has 0 amide bonds. The molecule has 23 heavy (non-hydrogen) atoms. The lowest BCUT2D eigenvalue weighted by molar-refractivity contribution is 0.0697. The Bertz CT molecular complexity index is 818. The summed E-state index contributed by atoms with van der Waals surface area (Å²) in [6.07, 6.45) is 1.89. The van der Waals surface area contributed by atoms with Gasteiger partial charge in [-0.3, -0.25) is 0 Å². The van der Waals surface area contributed by atoms with Crippen molar-refractivity contribution in [2.24, 2.45) is 0 Å². The van der Waals surface area contributed by atoms with Crippen LogP contribution in [0.3, 0.4) is 0 Å². The van der Waals surface area contributed by atoms with Gasteiger partial charge in [-0.1, -0.05) is 12.1 Å². The van der Waals surface area contributed by atoms with E-state index in [1.54, 1.807) is 28.9 Å². The lowest BCUT2D eigenvalue weighted by atomic mass is 10.1. The monoisotopic (exact) mass is 307 g/mol. The first-order chi connectivity index (χ1) is 11.0. The van der Waals surface area contributed by atoms with Gasteiger partial charge in [0.2, 0.25) is 0 Å². The Balaban J connectivity index is 1.86. The third-order valence-electron chi connectivity index (χ3n) is 3.65. The molecule has 5 heteroatoms. The Morgan fingerprint density at radius 3 is 2.22 bits per heavy atom. The van der Waals surface area contributed by atoms with Crippen LogP contribution in [0.15, 0.2) is 60.8 Å². The highest BCUT2D eigenvalue weighted by molar-refractivity contribution is 5.88. The first kappa shape index (κ1) is 14.8. The summed E-state index contributed by atoms with van der Waals surface area (Å²) in [6, 6.07) is 16.7. The van der Waals surface area contributed by atoms with Crippen molar-refractivity contribution in [3.05, 3.63) is 66.4 Å².